The SMILES string of the molecule is Cn1c2c(c3cc(Nc4ccc(N5CCOCC5)cc4)ccc31)CS(=O)(=O)CC2. The first-order valence-electron chi connectivity index (χ1n) is 10.0. The van der Waals surface area contributed by atoms with E-state index in [1.165, 1.54) is 5.69 Å². The second kappa shape index (κ2) is 7.07. The Hall–Kier alpha value is -2.51. The van der Waals surface area contributed by atoms with Crippen LogP contribution in [0.15, 0.2) is 42.5 Å². The zero-order valence-electron chi connectivity index (χ0n) is 16.5. The molecule has 0 bridgehead atoms. The molecule has 152 valence electrons. The number of sulfone groups is 1. The highest BCUT2D eigenvalue weighted by molar-refractivity contribution is 7.90. The highest BCUT2D eigenvalue weighted by atomic mass is 32.2. The number of nitrogens with zero attached hydrogens (tertiary/aromatic N) is 2. The predicted octanol–water partition coefficient (Wildman–Crippen LogP) is 3.23. The predicted molar refractivity (Wildman–Crippen MR) is 117 cm³/mol. The van der Waals surface area contributed by atoms with Crippen LogP contribution in [0.5, 0.6) is 0 Å². The first-order chi connectivity index (χ1) is 14.0. The zero-order chi connectivity index (χ0) is 20.0. The number of morpholine rings is 1. The van der Waals surface area contributed by atoms with E-state index in [4.69, 9.17) is 4.74 Å². The standard InChI is InChI=1S/C22H25N3O3S/c1-24-21-7-4-17(14-19(21)20-15-29(26,27)13-8-22(20)24)23-16-2-5-18(6-3-16)25-9-11-28-12-10-25/h2-7,14,23H,8-13,15H2,1H3. The van der Waals surface area contributed by atoms with Gasteiger partial charge in [0.25, 0.3) is 0 Å². The van der Waals surface area contributed by atoms with E-state index in [0.29, 0.717) is 6.42 Å². The Bertz CT molecular complexity index is 1160. The Morgan fingerprint density at radius 3 is 2.48 bits per heavy atom. The summed E-state index contributed by atoms with van der Waals surface area (Å²) < 4.78 is 31.9. The van der Waals surface area contributed by atoms with Crippen molar-refractivity contribution in [1.29, 1.82) is 0 Å². The number of anilines is 3. The van der Waals surface area contributed by atoms with Gasteiger partial charge in [-0.1, -0.05) is 0 Å². The molecule has 0 aliphatic carbocycles. The topological polar surface area (TPSA) is 63.6 Å². The molecular formula is C22H25N3O3S. The largest absolute Gasteiger partial charge is 0.378 e. The minimum absolute atomic E-state index is 0.136. The molecule has 6 nitrogen and oxygen atoms in total. The van der Waals surface area contributed by atoms with E-state index >= 15 is 0 Å². The van der Waals surface area contributed by atoms with Crippen LogP contribution in [0, 0.1) is 0 Å². The van der Waals surface area contributed by atoms with Gasteiger partial charge in [-0.2, -0.15) is 0 Å². The second-order valence-electron chi connectivity index (χ2n) is 7.83. The maximum absolute atomic E-state index is 12.2. The quantitative estimate of drug-likeness (QED) is 0.717. The maximum atomic E-state index is 12.2. The summed E-state index contributed by atoms with van der Waals surface area (Å²) in [5, 5.41) is 4.49. The van der Waals surface area contributed by atoms with Gasteiger partial charge in [0.05, 0.1) is 24.7 Å². The fourth-order valence-corrected chi connectivity index (χ4v) is 5.83. The summed E-state index contributed by atoms with van der Waals surface area (Å²) in [5.41, 5.74) is 6.37. The Labute approximate surface area is 171 Å². The number of hydrogen-bond acceptors (Lipinski definition) is 5. The number of nitrogens with one attached hydrogen (secondary N) is 1. The summed E-state index contributed by atoms with van der Waals surface area (Å²) in [7, 11) is -0.984. The Kier molecular flexibility index (Phi) is 4.52. The minimum Gasteiger partial charge on any atom is -0.378 e. The van der Waals surface area contributed by atoms with Crippen LogP contribution < -0.4 is 10.2 Å². The Morgan fingerprint density at radius 2 is 1.72 bits per heavy atom. The van der Waals surface area contributed by atoms with Gasteiger partial charge in [-0.05, 0) is 48.0 Å². The van der Waals surface area contributed by atoms with Crippen LogP contribution in [0.1, 0.15) is 11.3 Å². The van der Waals surface area contributed by atoms with Crippen molar-refractivity contribution >= 4 is 37.8 Å². The maximum Gasteiger partial charge on any atom is 0.154 e. The van der Waals surface area contributed by atoms with Gasteiger partial charge in [0.2, 0.25) is 0 Å². The number of rotatable bonds is 3. The molecule has 1 saturated heterocycles. The molecule has 0 atom stereocenters. The number of hydrogen-bond donors (Lipinski definition) is 1. The monoisotopic (exact) mass is 411 g/mol. The lowest BCUT2D eigenvalue weighted by Gasteiger charge is -2.28. The molecule has 2 aromatic carbocycles. The third kappa shape index (κ3) is 3.49. The molecule has 5 rings (SSSR count). The van der Waals surface area contributed by atoms with Crippen molar-refractivity contribution in [3.8, 4) is 0 Å². The summed E-state index contributed by atoms with van der Waals surface area (Å²) in [6, 6.07) is 14.6. The van der Waals surface area contributed by atoms with Crippen LogP contribution in [-0.4, -0.2) is 45.0 Å². The molecule has 3 heterocycles. The average Bonchev–Trinajstić information content (AvgIpc) is 2.99. The van der Waals surface area contributed by atoms with Gasteiger partial charge in [0.15, 0.2) is 9.84 Å². The van der Waals surface area contributed by atoms with E-state index in [9.17, 15) is 8.42 Å². The summed E-state index contributed by atoms with van der Waals surface area (Å²) in [4.78, 5) is 2.33. The van der Waals surface area contributed by atoms with Crippen molar-refractivity contribution in [2.75, 3.05) is 42.3 Å². The van der Waals surface area contributed by atoms with Gasteiger partial charge in [-0.3, -0.25) is 0 Å². The first kappa shape index (κ1) is 18.5. The fourth-order valence-electron chi connectivity index (χ4n) is 4.42. The molecule has 2 aliphatic heterocycles. The molecule has 3 aromatic rings. The number of aryl methyl sites for hydroxylation is 1. The van der Waals surface area contributed by atoms with Crippen molar-refractivity contribution < 1.29 is 13.2 Å². The molecule has 0 unspecified atom stereocenters. The molecule has 1 aromatic heterocycles. The lowest BCUT2D eigenvalue weighted by Crippen LogP contribution is -2.36. The molecule has 1 N–H and O–H groups in total. The van der Waals surface area contributed by atoms with Crippen molar-refractivity contribution in [3.05, 3.63) is 53.7 Å². The number of fused-ring (bicyclic) bond motifs is 3. The lowest BCUT2D eigenvalue weighted by molar-refractivity contribution is 0.122. The van der Waals surface area contributed by atoms with E-state index in [0.717, 1.165) is 59.8 Å². The molecule has 1 fully saturated rings. The first-order valence-corrected chi connectivity index (χ1v) is 11.8. The highest BCUT2D eigenvalue weighted by Crippen LogP contribution is 2.33. The van der Waals surface area contributed by atoms with E-state index in [1.54, 1.807) is 0 Å². The number of ether oxygens (including phenoxy) is 1. The fraction of sp³-hybridized carbons (Fsp3) is 0.364. The smallest absolute Gasteiger partial charge is 0.154 e. The van der Waals surface area contributed by atoms with Gasteiger partial charge in [-0.25, -0.2) is 8.42 Å². The summed E-state index contributed by atoms with van der Waals surface area (Å²) >= 11 is 0. The summed E-state index contributed by atoms with van der Waals surface area (Å²) in [6.45, 7) is 3.39. The van der Waals surface area contributed by atoms with E-state index in [1.807, 2.05) is 7.05 Å². The van der Waals surface area contributed by atoms with Crippen LogP contribution in [-0.2, 0) is 33.8 Å². The third-order valence-electron chi connectivity index (χ3n) is 5.98. The lowest BCUT2D eigenvalue weighted by atomic mass is 10.1. The highest BCUT2D eigenvalue weighted by Gasteiger charge is 2.26. The third-order valence-corrected chi connectivity index (χ3v) is 7.54. The van der Waals surface area contributed by atoms with Crippen LogP contribution in [0.2, 0.25) is 0 Å². The van der Waals surface area contributed by atoms with Gasteiger partial charge in [0.1, 0.15) is 0 Å². The minimum atomic E-state index is -3.01. The van der Waals surface area contributed by atoms with Crippen LogP contribution in [0.3, 0.4) is 0 Å². The van der Waals surface area contributed by atoms with E-state index < -0.39 is 9.84 Å². The van der Waals surface area contributed by atoms with Gasteiger partial charge >= 0.3 is 0 Å². The molecule has 0 amide bonds. The second-order valence-corrected chi connectivity index (χ2v) is 10.0. The average molecular weight is 412 g/mol. The van der Waals surface area contributed by atoms with Crippen LogP contribution >= 0.6 is 0 Å². The molecule has 2 aliphatic rings. The van der Waals surface area contributed by atoms with E-state index in [-0.39, 0.29) is 11.5 Å². The van der Waals surface area contributed by atoms with Crippen LogP contribution in [0.4, 0.5) is 17.1 Å². The number of benzene rings is 2. The van der Waals surface area contributed by atoms with Crippen molar-refractivity contribution in [2.24, 2.45) is 7.05 Å². The molecule has 0 saturated carbocycles. The van der Waals surface area contributed by atoms with Crippen molar-refractivity contribution in [2.45, 2.75) is 12.2 Å². The molecule has 7 heteroatoms. The van der Waals surface area contributed by atoms with E-state index in [2.05, 4.69) is 57.2 Å². The van der Waals surface area contributed by atoms with Gasteiger partial charge in [-0.15, -0.1) is 0 Å². The molecule has 29 heavy (non-hydrogen) atoms. The van der Waals surface area contributed by atoms with Gasteiger partial charge in [0, 0.05) is 60.2 Å². The van der Waals surface area contributed by atoms with Crippen molar-refractivity contribution in [3.63, 3.8) is 0 Å². The number of aromatic nitrogens is 1. The van der Waals surface area contributed by atoms with Gasteiger partial charge < -0.3 is 19.5 Å². The normalized spacial score (nSPS) is 18.6. The Balaban J connectivity index is 1.42. The summed E-state index contributed by atoms with van der Waals surface area (Å²) in [6.07, 6.45) is 0.592. The molecule has 0 spiro atoms. The Morgan fingerprint density at radius 1 is 1.00 bits per heavy atom. The molecule has 0 radical (unpaired) electrons. The summed E-state index contributed by atoms with van der Waals surface area (Å²) in [5.74, 6) is 0.377. The van der Waals surface area contributed by atoms with Crippen molar-refractivity contribution in [1.82, 2.24) is 4.57 Å². The zero-order valence-corrected chi connectivity index (χ0v) is 17.3. The molecular weight excluding hydrogens is 386 g/mol. The van der Waals surface area contributed by atoms with Crippen LogP contribution in [0.25, 0.3) is 10.9 Å².